The lowest BCUT2D eigenvalue weighted by Gasteiger charge is -2.34. The van der Waals surface area contributed by atoms with Crippen LogP contribution in [-0.4, -0.2) is 47.8 Å². The molecule has 3 nitrogen and oxygen atoms in total. The fraction of sp³-hybridized carbons (Fsp3) is 1.00. The Kier molecular flexibility index (Phi) is 5.73. The molecule has 1 saturated heterocycles. The minimum atomic E-state index is 0.287. The van der Waals surface area contributed by atoms with Gasteiger partial charge in [-0.15, -0.1) is 0 Å². The summed E-state index contributed by atoms with van der Waals surface area (Å²) in [4.78, 5) is 2.57. The summed E-state index contributed by atoms with van der Waals surface area (Å²) < 4.78 is 0. The quantitative estimate of drug-likeness (QED) is 0.695. The summed E-state index contributed by atoms with van der Waals surface area (Å²) in [5, 5.41) is 12.6. The van der Waals surface area contributed by atoms with E-state index in [-0.39, 0.29) is 6.61 Å². The summed E-state index contributed by atoms with van der Waals surface area (Å²) in [6, 6.07) is 0.447. The van der Waals surface area contributed by atoms with E-state index in [0.29, 0.717) is 11.6 Å². The van der Waals surface area contributed by atoms with Crippen LogP contribution in [0.1, 0.15) is 46.5 Å². The first-order valence-electron chi connectivity index (χ1n) is 6.69. The molecule has 1 aliphatic rings. The highest BCUT2D eigenvalue weighted by Gasteiger charge is 2.32. The van der Waals surface area contributed by atoms with Crippen LogP contribution in [0.4, 0.5) is 0 Å². The van der Waals surface area contributed by atoms with Crippen molar-refractivity contribution in [2.75, 3.05) is 26.2 Å². The lowest BCUT2D eigenvalue weighted by atomic mass is 10.0. The molecule has 1 atom stereocenters. The number of hydrogen-bond acceptors (Lipinski definition) is 3. The molecule has 0 bridgehead atoms. The summed E-state index contributed by atoms with van der Waals surface area (Å²) in [6.45, 7) is 10.5. The van der Waals surface area contributed by atoms with Gasteiger partial charge in [-0.2, -0.15) is 0 Å². The summed E-state index contributed by atoms with van der Waals surface area (Å²) in [6.07, 6.45) is 4.64. The van der Waals surface area contributed by atoms with Crippen molar-refractivity contribution in [2.24, 2.45) is 0 Å². The summed E-state index contributed by atoms with van der Waals surface area (Å²) in [5.74, 6) is 0. The summed E-state index contributed by atoms with van der Waals surface area (Å²) in [7, 11) is 0. The molecule has 1 heterocycles. The van der Waals surface area contributed by atoms with Crippen LogP contribution in [0.3, 0.4) is 0 Å². The first kappa shape index (κ1) is 13.9. The maximum atomic E-state index is 9.08. The van der Waals surface area contributed by atoms with Gasteiger partial charge in [0.1, 0.15) is 0 Å². The van der Waals surface area contributed by atoms with Gasteiger partial charge in [-0.25, -0.2) is 0 Å². The first-order chi connectivity index (χ1) is 7.60. The normalized spacial score (nSPS) is 22.5. The van der Waals surface area contributed by atoms with Crippen LogP contribution < -0.4 is 5.32 Å². The van der Waals surface area contributed by atoms with Crippen molar-refractivity contribution < 1.29 is 5.11 Å². The van der Waals surface area contributed by atoms with Crippen LogP contribution in [0.2, 0.25) is 0 Å². The maximum absolute atomic E-state index is 9.08. The van der Waals surface area contributed by atoms with Crippen molar-refractivity contribution in [3.05, 3.63) is 0 Å². The molecule has 0 aromatic carbocycles. The van der Waals surface area contributed by atoms with Gasteiger partial charge in [0.25, 0.3) is 0 Å². The van der Waals surface area contributed by atoms with Gasteiger partial charge in [-0.1, -0.05) is 6.92 Å². The Labute approximate surface area is 100 Å². The topological polar surface area (TPSA) is 35.5 Å². The minimum absolute atomic E-state index is 0.287. The molecule has 0 aromatic heterocycles. The van der Waals surface area contributed by atoms with Crippen LogP contribution in [-0.2, 0) is 0 Å². The van der Waals surface area contributed by atoms with Crippen LogP contribution in [0.15, 0.2) is 0 Å². The molecule has 1 rings (SSSR count). The number of likely N-dealkylation sites (tertiary alicyclic amines) is 1. The maximum Gasteiger partial charge on any atom is 0.0446 e. The predicted molar refractivity (Wildman–Crippen MR) is 68.7 cm³/mol. The second-order valence-corrected chi connectivity index (χ2v) is 5.53. The fourth-order valence-corrected chi connectivity index (χ4v) is 2.53. The Morgan fingerprint density at radius 3 is 2.69 bits per heavy atom. The monoisotopic (exact) mass is 228 g/mol. The lowest BCUT2D eigenvalue weighted by Crippen LogP contribution is -2.47. The molecule has 1 unspecified atom stereocenters. The number of nitrogens with one attached hydrogen (secondary N) is 1. The van der Waals surface area contributed by atoms with Gasteiger partial charge in [-0.3, -0.25) is 4.90 Å². The molecule has 16 heavy (non-hydrogen) atoms. The highest BCUT2D eigenvalue weighted by Crippen LogP contribution is 2.28. The second kappa shape index (κ2) is 6.58. The van der Waals surface area contributed by atoms with Gasteiger partial charge in [0.15, 0.2) is 0 Å². The summed E-state index contributed by atoms with van der Waals surface area (Å²) in [5.41, 5.74) is 0.349. The predicted octanol–water partition coefficient (Wildman–Crippen LogP) is 1.61. The number of aliphatic hydroxyl groups is 1. The molecule has 1 fully saturated rings. The van der Waals surface area contributed by atoms with Gasteiger partial charge in [-0.05, 0) is 52.6 Å². The lowest BCUT2D eigenvalue weighted by molar-refractivity contribution is 0.145. The number of aliphatic hydroxyl groups excluding tert-OH is 1. The highest BCUT2D eigenvalue weighted by molar-refractivity contribution is 4.90. The van der Waals surface area contributed by atoms with E-state index in [4.69, 9.17) is 5.11 Å². The Bertz CT molecular complexity index is 194. The van der Waals surface area contributed by atoms with E-state index in [1.807, 2.05) is 0 Å². The van der Waals surface area contributed by atoms with E-state index in [2.05, 4.69) is 31.0 Å². The Hall–Kier alpha value is -0.120. The molecule has 0 aliphatic carbocycles. The molecule has 0 radical (unpaired) electrons. The zero-order chi connectivity index (χ0) is 12.0. The van der Waals surface area contributed by atoms with Crippen LogP contribution in [0, 0.1) is 0 Å². The molecule has 0 spiro atoms. The van der Waals surface area contributed by atoms with Gasteiger partial charge in [0.2, 0.25) is 0 Å². The molecular formula is C13H28N2O. The molecule has 96 valence electrons. The third-order valence-electron chi connectivity index (χ3n) is 3.67. The van der Waals surface area contributed by atoms with E-state index in [1.54, 1.807) is 0 Å². The molecule has 1 aliphatic heterocycles. The molecule has 3 heteroatoms. The van der Waals surface area contributed by atoms with Crippen LogP contribution >= 0.6 is 0 Å². The zero-order valence-corrected chi connectivity index (χ0v) is 11.1. The SMILES string of the molecule is CCCNC(CCO)CN1CCCC1(C)C. The van der Waals surface area contributed by atoms with E-state index in [1.165, 1.54) is 19.4 Å². The van der Waals surface area contributed by atoms with Crippen molar-refractivity contribution in [1.82, 2.24) is 10.2 Å². The number of rotatable bonds is 7. The smallest absolute Gasteiger partial charge is 0.0446 e. The van der Waals surface area contributed by atoms with Crippen molar-refractivity contribution in [1.29, 1.82) is 0 Å². The van der Waals surface area contributed by atoms with Crippen molar-refractivity contribution >= 4 is 0 Å². The standard InChI is InChI=1S/C13H28N2O/c1-4-8-14-12(6-10-16)11-15-9-5-7-13(15,2)3/h12,14,16H,4-11H2,1-3H3. The Morgan fingerprint density at radius 2 is 2.19 bits per heavy atom. The van der Waals surface area contributed by atoms with Crippen LogP contribution in [0.25, 0.3) is 0 Å². The first-order valence-corrected chi connectivity index (χ1v) is 6.69. The minimum Gasteiger partial charge on any atom is -0.396 e. The van der Waals surface area contributed by atoms with Gasteiger partial charge in [0.05, 0.1) is 0 Å². The highest BCUT2D eigenvalue weighted by atomic mass is 16.3. The average Bonchev–Trinajstić information content (AvgIpc) is 2.55. The second-order valence-electron chi connectivity index (χ2n) is 5.53. The number of nitrogens with zero attached hydrogens (tertiary/aromatic N) is 1. The molecule has 0 aromatic rings. The van der Waals surface area contributed by atoms with Crippen molar-refractivity contribution in [3.63, 3.8) is 0 Å². The molecule has 0 saturated carbocycles. The van der Waals surface area contributed by atoms with Crippen molar-refractivity contribution in [3.8, 4) is 0 Å². The van der Waals surface area contributed by atoms with E-state index < -0.39 is 0 Å². The van der Waals surface area contributed by atoms with Crippen molar-refractivity contribution in [2.45, 2.75) is 58.0 Å². The third-order valence-corrected chi connectivity index (χ3v) is 3.67. The average molecular weight is 228 g/mol. The van der Waals surface area contributed by atoms with E-state index in [0.717, 1.165) is 25.9 Å². The zero-order valence-electron chi connectivity index (χ0n) is 11.1. The van der Waals surface area contributed by atoms with Crippen LogP contribution in [0.5, 0.6) is 0 Å². The van der Waals surface area contributed by atoms with E-state index in [9.17, 15) is 0 Å². The molecular weight excluding hydrogens is 200 g/mol. The van der Waals surface area contributed by atoms with E-state index >= 15 is 0 Å². The Morgan fingerprint density at radius 1 is 1.44 bits per heavy atom. The van der Waals surface area contributed by atoms with Gasteiger partial charge >= 0.3 is 0 Å². The summed E-state index contributed by atoms with van der Waals surface area (Å²) >= 11 is 0. The van der Waals surface area contributed by atoms with Gasteiger partial charge in [0, 0.05) is 24.7 Å². The molecule has 0 amide bonds. The fourth-order valence-electron chi connectivity index (χ4n) is 2.53. The molecule has 2 N–H and O–H groups in total. The third kappa shape index (κ3) is 4.04. The largest absolute Gasteiger partial charge is 0.396 e. The van der Waals surface area contributed by atoms with Gasteiger partial charge < -0.3 is 10.4 Å². The Balaban J connectivity index is 2.40. The number of hydrogen-bond donors (Lipinski definition) is 2.